The van der Waals surface area contributed by atoms with E-state index < -0.39 is 4.92 Å². The van der Waals surface area contributed by atoms with Gasteiger partial charge in [0.25, 0.3) is 0 Å². The normalized spacial score (nSPS) is 10.9. The molecule has 1 aromatic heterocycles. The lowest BCUT2D eigenvalue weighted by Gasteiger charge is -2.05. The van der Waals surface area contributed by atoms with Gasteiger partial charge in [-0.25, -0.2) is 4.68 Å². The van der Waals surface area contributed by atoms with Crippen LogP contribution in [0.3, 0.4) is 0 Å². The first-order chi connectivity index (χ1) is 7.06. The number of nitro groups is 1. The molecule has 0 aromatic carbocycles. The number of aryl methyl sites for hydroxylation is 1. The summed E-state index contributed by atoms with van der Waals surface area (Å²) in [6.07, 6.45) is 1.54. The molecule has 0 aliphatic carbocycles. The monoisotopic (exact) mass is 212 g/mol. The Balaban J connectivity index is 3.02. The fraction of sp³-hybridized carbons (Fsp3) is 0.778. The molecule has 1 heterocycles. The van der Waals surface area contributed by atoms with E-state index in [1.165, 1.54) is 0 Å². The van der Waals surface area contributed by atoms with E-state index in [-0.39, 0.29) is 5.82 Å². The Labute approximate surface area is 88.4 Å². The number of hydrogen-bond donors (Lipinski definition) is 0. The van der Waals surface area contributed by atoms with Crippen molar-refractivity contribution in [2.75, 3.05) is 0 Å². The number of rotatable bonds is 5. The van der Waals surface area contributed by atoms with Gasteiger partial charge in [0.2, 0.25) is 0 Å². The Morgan fingerprint density at radius 2 is 2.20 bits per heavy atom. The third-order valence-electron chi connectivity index (χ3n) is 2.03. The maximum absolute atomic E-state index is 10.7. The molecule has 0 saturated heterocycles. The molecule has 0 N–H and O–H groups in total. The molecule has 0 aliphatic heterocycles. The van der Waals surface area contributed by atoms with Crippen molar-refractivity contribution in [1.82, 2.24) is 15.0 Å². The van der Waals surface area contributed by atoms with Gasteiger partial charge in [-0.15, -0.1) is 0 Å². The van der Waals surface area contributed by atoms with Crippen LogP contribution < -0.4 is 0 Å². The highest BCUT2D eigenvalue weighted by atomic mass is 16.6. The highest BCUT2D eigenvalue weighted by molar-refractivity contribution is 5.24. The lowest BCUT2D eigenvalue weighted by molar-refractivity contribution is -0.390. The predicted molar refractivity (Wildman–Crippen MR) is 55.5 cm³/mol. The SMILES string of the molecule is CCCn1nnc([N+](=O)[O-])c1CC(C)C. The molecule has 0 amide bonds. The van der Waals surface area contributed by atoms with Gasteiger partial charge in [0.1, 0.15) is 10.8 Å². The zero-order valence-corrected chi connectivity index (χ0v) is 9.30. The number of nitrogens with zero attached hydrogens (tertiary/aromatic N) is 4. The highest BCUT2D eigenvalue weighted by Crippen LogP contribution is 2.18. The van der Waals surface area contributed by atoms with E-state index in [1.54, 1.807) is 4.68 Å². The molecule has 0 unspecified atom stereocenters. The average molecular weight is 212 g/mol. The topological polar surface area (TPSA) is 73.8 Å². The van der Waals surface area contributed by atoms with Crippen molar-refractivity contribution in [3.05, 3.63) is 15.8 Å². The maximum Gasteiger partial charge on any atom is 0.413 e. The molecule has 0 spiro atoms. The van der Waals surface area contributed by atoms with Crippen LogP contribution in [0.15, 0.2) is 0 Å². The van der Waals surface area contributed by atoms with Gasteiger partial charge in [0.15, 0.2) is 0 Å². The molecule has 0 fully saturated rings. The summed E-state index contributed by atoms with van der Waals surface area (Å²) in [5.74, 6) is 0.259. The van der Waals surface area contributed by atoms with Gasteiger partial charge in [-0.2, -0.15) is 0 Å². The Morgan fingerprint density at radius 1 is 1.53 bits per heavy atom. The summed E-state index contributed by atoms with van der Waals surface area (Å²) in [6, 6.07) is 0. The summed E-state index contributed by atoms with van der Waals surface area (Å²) in [6.45, 7) is 6.73. The summed E-state index contributed by atoms with van der Waals surface area (Å²) >= 11 is 0. The van der Waals surface area contributed by atoms with Crippen LogP contribution in [0.5, 0.6) is 0 Å². The van der Waals surface area contributed by atoms with Crippen LogP contribution in [0.25, 0.3) is 0 Å². The van der Waals surface area contributed by atoms with E-state index in [0.717, 1.165) is 6.42 Å². The molecule has 1 aromatic rings. The number of aromatic nitrogens is 3. The zero-order chi connectivity index (χ0) is 11.4. The second-order valence-electron chi connectivity index (χ2n) is 3.94. The van der Waals surface area contributed by atoms with E-state index in [1.807, 2.05) is 20.8 Å². The Morgan fingerprint density at radius 3 is 2.67 bits per heavy atom. The minimum absolute atomic E-state index is 0.0999. The Kier molecular flexibility index (Phi) is 3.76. The Bertz CT molecular complexity index is 346. The lowest BCUT2D eigenvalue weighted by Crippen LogP contribution is -2.08. The first kappa shape index (κ1) is 11.6. The smallest absolute Gasteiger partial charge is 0.358 e. The molecule has 1 rings (SSSR count). The van der Waals surface area contributed by atoms with Crippen LogP contribution in [-0.4, -0.2) is 19.9 Å². The third kappa shape index (κ3) is 2.74. The molecule has 0 radical (unpaired) electrons. The molecule has 0 atom stereocenters. The molecule has 84 valence electrons. The molecule has 6 heteroatoms. The average Bonchev–Trinajstić information content (AvgIpc) is 2.48. The molecule has 0 saturated carbocycles. The summed E-state index contributed by atoms with van der Waals surface area (Å²) in [5, 5.41) is 18.1. The molecule has 0 bridgehead atoms. The molecular weight excluding hydrogens is 196 g/mol. The third-order valence-corrected chi connectivity index (χ3v) is 2.03. The summed E-state index contributed by atoms with van der Waals surface area (Å²) in [7, 11) is 0. The Hall–Kier alpha value is -1.46. The first-order valence-electron chi connectivity index (χ1n) is 5.13. The maximum atomic E-state index is 10.7. The fourth-order valence-corrected chi connectivity index (χ4v) is 1.44. The van der Waals surface area contributed by atoms with Gasteiger partial charge in [-0.1, -0.05) is 20.8 Å². The van der Waals surface area contributed by atoms with Gasteiger partial charge in [0, 0.05) is 13.0 Å². The second kappa shape index (κ2) is 4.86. The van der Waals surface area contributed by atoms with Crippen molar-refractivity contribution in [2.45, 2.75) is 40.2 Å². The van der Waals surface area contributed by atoms with E-state index >= 15 is 0 Å². The molecule has 15 heavy (non-hydrogen) atoms. The van der Waals surface area contributed by atoms with Crippen LogP contribution in [0.4, 0.5) is 5.82 Å². The fourth-order valence-electron chi connectivity index (χ4n) is 1.44. The van der Waals surface area contributed by atoms with E-state index in [4.69, 9.17) is 0 Å². The second-order valence-corrected chi connectivity index (χ2v) is 3.94. The van der Waals surface area contributed by atoms with Crippen LogP contribution in [-0.2, 0) is 13.0 Å². The predicted octanol–water partition coefficient (Wildman–Crippen LogP) is 1.79. The zero-order valence-electron chi connectivity index (χ0n) is 9.30. The van der Waals surface area contributed by atoms with Gasteiger partial charge in [-0.05, 0) is 17.3 Å². The van der Waals surface area contributed by atoms with Crippen molar-refractivity contribution in [1.29, 1.82) is 0 Å². The summed E-state index contributed by atoms with van der Waals surface area (Å²) in [5.41, 5.74) is 0.636. The van der Waals surface area contributed by atoms with E-state index in [2.05, 4.69) is 10.3 Å². The largest absolute Gasteiger partial charge is 0.413 e. The van der Waals surface area contributed by atoms with Crippen LogP contribution in [0.1, 0.15) is 32.9 Å². The minimum Gasteiger partial charge on any atom is -0.358 e. The lowest BCUT2D eigenvalue weighted by atomic mass is 10.1. The van der Waals surface area contributed by atoms with Gasteiger partial charge in [-0.3, -0.25) is 0 Å². The van der Waals surface area contributed by atoms with Crippen molar-refractivity contribution >= 4 is 5.82 Å². The van der Waals surface area contributed by atoms with E-state index in [9.17, 15) is 10.1 Å². The van der Waals surface area contributed by atoms with Crippen molar-refractivity contribution in [2.24, 2.45) is 5.92 Å². The van der Waals surface area contributed by atoms with Crippen molar-refractivity contribution < 1.29 is 4.92 Å². The summed E-state index contributed by atoms with van der Waals surface area (Å²) in [4.78, 5) is 10.2. The molecular formula is C9H16N4O2. The van der Waals surface area contributed by atoms with Gasteiger partial charge < -0.3 is 10.1 Å². The minimum atomic E-state index is -0.461. The van der Waals surface area contributed by atoms with E-state index in [0.29, 0.717) is 24.6 Å². The van der Waals surface area contributed by atoms with Crippen LogP contribution in [0, 0.1) is 16.0 Å². The number of hydrogen-bond acceptors (Lipinski definition) is 4. The van der Waals surface area contributed by atoms with Crippen LogP contribution >= 0.6 is 0 Å². The van der Waals surface area contributed by atoms with Crippen molar-refractivity contribution in [3.63, 3.8) is 0 Å². The standard InChI is InChI=1S/C9H16N4O2/c1-4-5-12-8(6-7(2)3)9(10-11-12)13(14)15/h7H,4-6H2,1-3H3. The van der Waals surface area contributed by atoms with Crippen molar-refractivity contribution in [3.8, 4) is 0 Å². The molecule has 6 nitrogen and oxygen atoms in total. The quantitative estimate of drug-likeness (QED) is 0.551. The van der Waals surface area contributed by atoms with Gasteiger partial charge in [0.05, 0.1) is 5.21 Å². The highest BCUT2D eigenvalue weighted by Gasteiger charge is 2.23. The van der Waals surface area contributed by atoms with Crippen LogP contribution in [0.2, 0.25) is 0 Å². The van der Waals surface area contributed by atoms with Gasteiger partial charge >= 0.3 is 5.82 Å². The first-order valence-corrected chi connectivity index (χ1v) is 5.13. The summed E-state index contributed by atoms with van der Waals surface area (Å²) < 4.78 is 1.64. The molecule has 0 aliphatic rings.